The van der Waals surface area contributed by atoms with E-state index in [1.165, 1.54) is 38.5 Å². The second kappa shape index (κ2) is 5.19. The maximum absolute atomic E-state index is 12.5. The van der Waals surface area contributed by atoms with Crippen LogP contribution in [0, 0.1) is 5.92 Å². The van der Waals surface area contributed by atoms with Crippen LogP contribution in [0.2, 0.25) is 0 Å². The molecule has 2 aliphatic heterocycles. The maximum Gasteiger partial charge on any atom is 0.240 e. The van der Waals surface area contributed by atoms with E-state index in [0.717, 1.165) is 24.1 Å². The molecular formula is C13H22N2OS. The molecule has 2 heterocycles. The molecule has 0 aromatic carbocycles. The van der Waals surface area contributed by atoms with Gasteiger partial charge in [-0.1, -0.05) is 12.8 Å². The van der Waals surface area contributed by atoms with Crippen LogP contribution in [0.15, 0.2) is 0 Å². The molecule has 96 valence electrons. The Kier molecular flexibility index (Phi) is 3.61. The summed E-state index contributed by atoms with van der Waals surface area (Å²) in [7, 11) is 0. The minimum atomic E-state index is 0.0991. The van der Waals surface area contributed by atoms with Crippen molar-refractivity contribution < 1.29 is 4.79 Å². The van der Waals surface area contributed by atoms with Crippen LogP contribution in [0.4, 0.5) is 0 Å². The normalized spacial score (nSPS) is 34.7. The van der Waals surface area contributed by atoms with Crippen LogP contribution in [0.1, 0.15) is 38.5 Å². The molecule has 0 spiro atoms. The first-order valence-electron chi connectivity index (χ1n) is 6.98. The third kappa shape index (κ3) is 2.34. The zero-order valence-electron chi connectivity index (χ0n) is 10.4. The Labute approximate surface area is 108 Å². The van der Waals surface area contributed by atoms with Crippen LogP contribution in [0.25, 0.3) is 0 Å². The Hall–Kier alpha value is -0.220. The summed E-state index contributed by atoms with van der Waals surface area (Å²) in [5, 5.41) is 3.32. The summed E-state index contributed by atoms with van der Waals surface area (Å²) >= 11 is 1.84. The van der Waals surface area contributed by atoms with Gasteiger partial charge in [-0.25, -0.2) is 0 Å². The Bertz CT molecular complexity index is 285. The van der Waals surface area contributed by atoms with Crippen molar-refractivity contribution in [3.63, 3.8) is 0 Å². The molecule has 1 saturated carbocycles. The van der Waals surface area contributed by atoms with Crippen molar-refractivity contribution >= 4 is 17.7 Å². The number of nitrogens with one attached hydrogen (secondary N) is 1. The van der Waals surface area contributed by atoms with Gasteiger partial charge in [0, 0.05) is 24.2 Å². The number of carbonyl (C=O) groups is 1. The van der Waals surface area contributed by atoms with E-state index in [0.29, 0.717) is 11.9 Å². The first-order chi connectivity index (χ1) is 8.36. The number of hydrogen-bond donors (Lipinski definition) is 1. The minimum Gasteiger partial charge on any atom is -0.338 e. The molecule has 3 aliphatic rings. The largest absolute Gasteiger partial charge is 0.338 e. The summed E-state index contributed by atoms with van der Waals surface area (Å²) in [6, 6.07) is 0.666. The summed E-state index contributed by atoms with van der Waals surface area (Å²) in [6.07, 6.45) is 7.91. The van der Waals surface area contributed by atoms with Crippen LogP contribution in [-0.4, -0.2) is 41.1 Å². The summed E-state index contributed by atoms with van der Waals surface area (Å²) in [6.45, 7) is 1.00. The van der Waals surface area contributed by atoms with E-state index in [1.807, 2.05) is 11.8 Å². The maximum atomic E-state index is 12.5. The molecule has 0 radical (unpaired) electrons. The zero-order chi connectivity index (χ0) is 11.7. The average molecular weight is 254 g/mol. The van der Waals surface area contributed by atoms with Crippen molar-refractivity contribution in [1.82, 2.24) is 10.2 Å². The Morgan fingerprint density at radius 3 is 2.71 bits per heavy atom. The van der Waals surface area contributed by atoms with Gasteiger partial charge in [0.2, 0.25) is 5.91 Å². The van der Waals surface area contributed by atoms with Crippen molar-refractivity contribution in [3.05, 3.63) is 0 Å². The zero-order valence-corrected chi connectivity index (χ0v) is 11.2. The lowest BCUT2D eigenvalue weighted by Gasteiger charge is -2.31. The first kappa shape index (κ1) is 11.8. The van der Waals surface area contributed by atoms with E-state index in [9.17, 15) is 4.79 Å². The topological polar surface area (TPSA) is 32.3 Å². The number of hydrogen-bond acceptors (Lipinski definition) is 3. The number of rotatable bonds is 2. The molecule has 2 atom stereocenters. The summed E-state index contributed by atoms with van der Waals surface area (Å²) in [5.41, 5.74) is 0. The van der Waals surface area contributed by atoms with E-state index in [2.05, 4.69) is 10.2 Å². The first-order valence-corrected chi connectivity index (χ1v) is 8.13. The van der Waals surface area contributed by atoms with Crippen LogP contribution in [-0.2, 0) is 4.79 Å². The molecule has 3 fully saturated rings. The second-order valence-electron chi connectivity index (χ2n) is 5.56. The molecule has 0 aromatic heterocycles. The van der Waals surface area contributed by atoms with Crippen molar-refractivity contribution in [1.29, 1.82) is 0 Å². The van der Waals surface area contributed by atoms with E-state index in [4.69, 9.17) is 0 Å². The van der Waals surface area contributed by atoms with Gasteiger partial charge in [-0.15, -0.1) is 11.8 Å². The fourth-order valence-electron chi connectivity index (χ4n) is 3.65. The lowest BCUT2D eigenvalue weighted by atomic mass is 9.95. The van der Waals surface area contributed by atoms with Crippen LogP contribution in [0.5, 0.6) is 0 Å². The minimum absolute atomic E-state index is 0.0991. The third-order valence-corrected chi connectivity index (χ3v) is 5.48. The molecule has 1 N–H and O–H groups in total. The molecule has 3 rings (SSSR count). The summed E-state index contributed by atoms with van der Waals surface area (Å²) in [5.74, 6) is 3.09. The van der Waals surface area contributed by atoms with Crippen LogP contribution >= 0.6 is 11.8 Å². The third-order valence-electron chi connectivity index (χ3n) is 4.54. The standard InChI is InChI=1S/C13H22N2OS/c16-13(11-8-17-9-14-11)15-7-3-6-12(15)10-4-1-2-5-10/h10-12,14H,1-9H2. The highest BCUT2D eigenvalue weighted by Crippen LogP contribution is 2.35. The monoisotopic (exact) mass is 254 g/mol. The van der Waals surface area contributed by atoms with Gasteiger partial charge >= 0.3 is 0 Å². The number of amides is 1. The SMILES string of the molecule is O=C(C1CSCN1)N1CCCC1C1CCCC1. The fraction of sp³-hybridized carbons (Fsp3) is 0.923. The quantitative estimate of drug-likeness (QED) is 0.816. The molecule has 0 aromatic rings. The van der Waals surface area contributed by atoms with Crippen LogP contribution in [0.3, 0.4) is 0 Å². The lowest BCUT2D eigenvalue weighted by molar-refractivity contribution is -0.134. The highest BCUT2D eigenvalue weighted by molar-refractivity contribution is 7.99. The highest BCUT2D eigenvalue weighted by atomic mass is 32.2. The van der Waals surface area contributed by atoms with Gasteiger partial charge in [-0.3, -0.25) is 10.1 Å². The Balaban J connectivity index is 1.65. The van der Waals surface area contributed by atoms with Gasteiger partial charge in [0.05, 0.1) is 6.04 Å². The molecule has 1 amide bonds. The fourth-order valence-corrected chi connectivity index (χ4v) is 4.59. The van der Waals surface area contributed by atoms with E-state index in [-0.39, 0.29) is 6.04 Å². The average Bonchev–Trinajstić information content (AvgIpc) is 3.09. The predicted molar refractivity (Wildman–Crippen MR) is 70.9 cm³/mol. The molecule has 3 nitrogen and oxygen atoms in total. The van der Waals surface area contributed by atoms with Crippen molar-refractivity contribution in [2.75, 3.05) is 18.2 Å². The molecule has 0 bridgehead atoms. The van der Waals surface area contributed by atoms with Gasteiger partial charge in [0.1, 0.15) is 0 Å². The van der Waals surface area contributed by atoms with Gasteiger partial charge in [0.25, 0.3) is 0 Å². The molecule has 17 heavy (non-hydrogen) atoms. The summed E-state index contributed by atoms with van der Waals surface area (Å²) < 4.78 is 0. The molecule has 2 unspecified atom stereocenters. The highest BCUT2D eigenvalue weighted by Gasteiger charge is 2.38. The number of likely N-dealkylation sites (tertiary alicyclic amines) is 1. The number of thioether (sulfide) groups is 1. The van der Waals surface area contributed by atoms with Crippen molar-refractivity contribution in [2.24, 2.45) is 5.92 Å². The van der Waals surface area contributed by atoms with Gasteiger partial charge in [-0.2, -0.15) is 0 Å². The molecule has 1 aliphatic carbocycles. The van der Waals surface area contributed by atoms with E-state index < -0.39 is 0 Å². The molecule has 4 heteroatoms. The summed E-state index contributed by atoms with van der Waals surface area (Å²) in [4.78, 5) is 14.7. The molecular weight excluding hydrogens is 232 g/mol. The van der Waals surface area contributed by atoms with Crippen molar-refractivity contribution in [3.8, 4) is 0 Å². The van der Waals surface area contributed by atoms with Gasteiger partial charge < -0.3 is 4.90 Å². The number of nitrogens with zero attached hydrogens (tertiary/aromatic N) is 1. The smallest absolute Gasteiger partial charge is 0.240 e. The Morgan fingerprint density at radius 1 is 1.18 bits per heavy atom. The second-order valence-corrected chi connectivity index (χ2v) is 6.59. The van der Waals surface area contributed by atoms with E-state index in [1.54, 1.807) is 0 Å². The van der Waals surface area contributed by atoms with Crippen molar-refractivity contribution in [2.45, 2.75) is 50.6 Å². The van der Waals surface area contributed by atoms with Crippen LogP contribution < -0.4 is 5.32 Å². The van der Waals surface area contributed by atoms with E-state index >= 15 is 0 Å². The molecule has 2 saturated heterocycles. The number of carbonyl (C=O) groups excluding carboxylic acids is 1. The van der Waals surface area contributed by atoms with Gasteiger partial charge in [0.15, 0.2) is 0 Å². The Morgan fingerprint density at radius 2 is 2.00 bits per heavy atom. The lowest BCUT2D eigenvalue weighted by Crippen LogP contribution is -2.48. The van der Waals surface area contributed by atoms with Gasteiger partial charge in [-0.05, 0) is 31.6 Å². The predicted octanol–water partition coefficient (Wildman–Crippen LogP) is 1.83.